The summed E-state index contributed by atoms with van der Waals surface area (Å²) in [6.07, 6.45) is 1.03. The van der Waals surface area contributed by atoms with E-state index in [1.807, 2.05) is 27.7 Å². The monoisotopic (exact) mass is 200 g/mol. The normalized spacial score (nSPS) is 16.1. The molecule has 3 heteroatoms. The summed E-state index contributed by atoms with van der Waals surface area (Å²) in [6.45, 7) is 12.0. The van der Waals surface area contributed by atoms with Crippen LogP contribution in [0, 0.1) is 0 Å². The third kappa shape index (κ3) is 5.97. The highest BCUT2D eigenvalue weighted by atomic mass is 16.2. The van der Waals surface area contributed by atoms with Gasteiger partial charge in [-0.25, -0.2) is 0 Å². The van der Waals surface area contributed by atoms with Gasteiger partial charge in [0.05, 0.1) is 6.04 Å². The summed E-state index contributed by atoms with van der Waals surface area (Å²) >= 11 is 0. The Morgan fingerprint density at radius 2 is 1.79 bits per heavy atom. The van der Waals surface area contributed by atoms with Crippen molar-refractivity contribution in [1.29, 1.82) is 0 Å². The van der Waals surface area contributed by atoms with Crippen LogP contribution in [0.2, 0.25) is 0 Å². The van der Waals surface area contributed by atoms with Crippen LogP contribution in [-0.2, 0) is 4.79 Å². The van der Waals surface area contributed by atoms with Gasteiger partial charge < -0.3 is 10.6 Å². The standard InChI is InChI=1S/C11H24N2O/c1-7-8(2)12-9(3)10(14)13-11(4,5)6/h8-9,12H,7H2,1-6H3,(H,13,14). The Morgan fingerprint density at radius 1 is 1.29 bits per heavy atom. The van der Waals surface area contributed by atoms with Crippen LogP contribution in [-0.4, -0.2) is 23.5 Å². The summed E-state index contributed by atoms with van der Waals surface area (Å²) in [7, 11) is 0. The Hall–Kier alpha value is -0.570. The van der Waals surface area contributed by atoms with Gasteiger partial charge in [-0.2, -0.15) is 0 Å². The molecule has 0 rings (SSSR count). The average Bonchev–Trinajstić information content (AvgIpc) is 2.00. The highest BCUT2D eigenvalue weighted by Gasteiger charge is 2.19. The molecule has 0 fully saturated rings. The van der Waals surface area contributed by atoms with E-state index < -0.39 is 0 Å². The van der Waals surface area contributed by atoms with E-state index >= 15 is 0 Å². The molecule has 0 aromatic carbocycles. The van der Waals surface area contributed by atoms with E-state index in [0.29, 0.717) is 6.04 Å². The van der Waals surface area contributed by atoms with Gasteiger partial charge in [-0.05, 0) is 41.0 Å². The molecule has 0 spiro atoms. The van der Waals surface area contributed by atoms with Crippen molar-refractivity contribution in [3.63, 3.8) is 0 Å². The first-order valence-corrected chi connectivity index (χ1v) is 5.34. The van der Waals surface area contributed by atoms with E-state index in [1.165, 1.54) is 0 Å². The van der Waals surface area contributed by atoms with Crippen LogP contribution in [0.1, 0.15) is 48.0 Å². The molecule has 0 bridgehead atoms. The number of amides is 1. The van der Waals surface area contributed by atoms with Gasteiger partial charge in [0.15, 0.2) is 0 Å². The van der Waals surface area contributed by atoms with Gasteiger partial charge in [0.2, 0.25) is 5.91 Å². The lowest BCUT2D eigenvalue weighted by molar-refractivity contribution is -0.124. The molecule has 0 heterocycles. The quantitative estimate of drug-likeness (QED) is 0.725. The van der Waals surface area contributed by atoms with E-state index in [-0.39, 0.29) is 17.5 Å². The number of nitrogens with one attached hydrogen (secondary N) is 2. The first-order chi connectivity index (χ1) is 6.26. The lowest BCUT2D eigenvalue weighted by Gasteiger charge is -2.25. The molecule has 84 valence electrons. The lowest BCUT2D eigenvalue weighted by Crippen LogP contribution is -2.51. The maximum absolute atomic E-state index is 11.6. The second-order valence-corrected chi connectivity index (χ2v) is 4.94. The molecule has 0 saturated carbocycles. The smallest absolute Gasteiger partial charge is 0.237 e. The number of carbonyl (C=O) groups is 1. The largest absolute Gasteiger partial charge is 0.350 e. The Morgan fingerprint density at radius 3 is 2.14 bits per heavy atom. The topological polar surface area (TPSA) is 41.1 Å². The molecule has 2 unspecified atom stereocenters. The van der Waals surface area contributed by atoms with Crippen LogP contribution in [0.4, 0.5) is 0 Å². The third-order valence-electron chi connectivity index (χ3n) is 2.04. The van der Waals surface area contributed by atoms with Crippen molar-refractivity contribution < 1.29 is 4.79 Å². The Kier molecular flexibility index (Phi) is 5.13. The van der Waals surface area contributed by atoms with E-state index in [2.05, 4.69) is 24.5 Å². The number of carbonyl (C=O) groups excluding carboxylic acids is 1. The predicted octanol–water partition coefficient (Wildman–Crippen LogP) is 1.68. The van der Waals surface area contributed by atoms with Gasteiger partial charge >= 0.3 is 0 Å². The van der Waals surface area contributed by atoms with Crippen molar-refractivity contribution in [1.82, 2.24) is 10.6 Å². The van der Waals surface area contributed by atoms with Crippen LogP contribution < -0.4 is 10.6 Å². The fraction of sp³-hybridized carbons (Fsp3) is 0.909. The van der Waals surface area contributed by atoms with Crippen molar-refractivity contribution in [3.8, 4) is 0 Å². The molecule has 0 aromatic rings. The van der Waals surface area contributed by atoms with Gasteiger partial charge in [-0.15, -0.1) is 0 Å². The zero-order valence-corrected chi connectivity index (χ0v) is 10.3. The lowest BCUT2D eigenvalue weighted by atomic mass is 10.1. The van der Waals surface area contributed by atoms with Gasteiger partial charge in [-0.3, -0.25) is 4.79 Å². The maximum atomic E-state index is 11.6. The first-order valence-electron chi connectivity index (χ1n) is 5.34. The number of hydrogen-bond acceptors (Lipinski definition) is 2. The molecule has 0 saturated heterocycles. The first kappa shape index (κ1) is 13.4. The van der Waals surface area contributed by atoms with Crippen molar-refractivity contribution in [3.05, 3.63) is 0 Å². The summed E-state index contributed by atoms with van der Waals surface area (Å²) in [6, 6.07) is 0.264. The highest BCUT2D eigenvalue weighted by Crippen LogP contribution is 2.00. The zero-order chi connectivity index (χ0) is 11.4. The van der Waals surface area contributed by atoms with Crippen molar-refractivity contribution in [2.24, 2.45) is 0 Å². The summed E-state index contributed by atoms with van der Waals surface area (Å²) in [5, 5.41) is 6.19. The van der Waals surface area contributed by atoms with Crippen LogP contribution in [0.3, 0.4) is 0 Å². The van der Waals surface area contributed by atoms with E-state index in [0.717, 1.165) is 6.42 Å². The van der Waals surface area contributed by atoms with Crippen molar-refractivity contribution >= 4 is 5.91 Å². The number of rotatable bonds is 4. The fourth-order valence-corrected chi connectivity index (χ4v) is 1.10. The molecular formula is C11H24N2O. The number of hydrogen-bond donors (Lipinski definition) is 2. The van der Waals surface area contributed by atoms with Gasteiger partial charge in [0.25, 0.3) is 0 Å². The fourth-order valence-electron chi connectivity index (χ4n) is 1.10. The van der Waals surface area contributed by atoms with E-state index in [1.54, 1.807) is 0 Å². The minimum atomic E-state index is -0.150. The SMILES string of the molecule is CCC(C)NC(C)C(=O)NC(C)(C)C. The van der Waals surface area contributed by atoms with Crippen LogP contribution in [0.15, 0.2) is 0 Å². The second kappa shape index (κ2) is 5.35. The maximum Gasteiger partial charge on any atom is 0.237 e. The van der Waals surface area contributed by atoms with Gasteiger partial charge in [0, 0.05) is 11.6 Å². The molecule has 0 aromatic heterocycles. The van der Waals surface area contributed by atoms with Crippen LogP contribution >= 0.6 is 0 Å². The molecule has 0 aliphatic heterocycles. The molecule has 0 aliphatic carbocycles. The average molecular weight is 200 g/mol. The second-order valence-electron chi connectivity index (χ2n) is 4.94. The predicted molar refractivity (Wildman–Crippen MR) is 60.2 cm³/mol. The van der Waals surface area contributed by atoms with Crippen molar-refractivity contribution in [2.45, 2.75) is 65.6 Å². The van der Waals surface area contributed by atoms with Gasteiger partial charge in [0.1, 0.15) is 0 Å². The molecular weight excluding hydrogens is 176 g/mol. The van der Waals surface area contributed by atoms with E-state index in [9.17, 15) is 4.79 Å². The molecule has 0 aliphatic rings. The minimum absolute atomic E-state index is 0.0674. The summed E-state index contributed by atoms with van der Waals surface area (Å²) in [4.78, 5) is 11.6. The summed E-state index contributed by atoms with van der Waals surface area (Å²) in [5.41, 5.74) is -0.150. The molecule has 14 heavy (non-hydrogen) atoms. The van der Waals surface area contributed by atoms with Crippen LogP contribution in [0.5, 0.6) is 0 Å². The van der Waals surface area contributed by atoms with Crippen molar-refractivity contribution in [2.75, 3.05) is 0 Å². The molecule has 1 amide bonds. The van der Waals surface area contributed by atoms with Gasteiger partial charge in [-0.1, -0.05) is 6.92 Å². The zero-order valence-electron chi connectivity index (χ0n) is 10.3. The third-order valence-corrected chi connectivity index (χ3v) is 2.04. The molecule has 2 atom stereocenters. The van der Waals surface area contributed by atoms with E-state index in [4.69, 9.17) is 0 Å². The Bertz CT molecular complexity index is 184. The summed E-state index contributed by atoms with van der Waals surface area (Å²) < 4.78 is 0. The molecule has 3 nitrogen and oxygen atoms in total. The minimum Gasteiger partial charge on any atom is -0.350 e. The Balaban J connectivity index is 4.00. The molecule has 0 radical (unpaired) electrons. The van der Waals surface area contributed by atoms with Crippen LogP contribution in [0.25, 0.3) is 0 Å². The highest BCUT2D eigenvalue weighted by molar-refractivity contribution is 5.81. The molecule has 2 N–H and O–H groups in total. The Labute approximate surface area is 87.6 Å². The summed E-state index contributed by atoms with van der Waals surface area (Å²) in [5.74, 6) is 0.0674.